The zero-order valence-electron chi connectivity index (χ0n) is 15.1. The van der Waals surface area contributed by atoms with Crippen LogP contribution in [0.15, 0.2) is 28.4 Å². The third-order valence-electron chi connectivity index (χ3n) is 6.32. The maximum atomic E-state index is 12.5. The summed E-state index contributed by atoms with van der Waals surface area (Å²) in [5.74, 6) is -1.23. The van der Waals surface area contributed by atoms with Crippen molar-refractivity contribution in [2.45, 2.75) is 58.2 Å². The molecule has 0 saturated heterocycles. The maximum absolute atomic E-state index is 12.5. The van der Waals surface area contributed by atoms with Gasteiger partial charge in [0.05, 0.1) is 30.0 Å². The lowest BCUT2D eigenvalue weighted by Crippen LogP contribution is -2.49. The standard InChI is InChI=1S/C20H26O6/c1-11-13(7-8-26-11)16(21)6-5-15-14(19(24)25)4-3-12-9-17(22)18(23)10-20(12,15)2/h3,7-8,14-15,17-18,22-23H,4-6,9-10H2,1-2H3,(H,24,25). The summed E-state index contributed by atoms with van der Waals surface area (Å²) >= 11 is 0. The smallest absolute Gasteiger partial charge is 0.307 e. The lowest BCUT2D eigenvalue weighted by molar-refractivity contribution is -0.147. The van der Waals surface area contributed by atoms with Crippen molar-refractivity contribution in [1.82, 2.24) is 0 Å². The number of carboxylic acids is 1. The molecule has 1 aromatic heterocycles. The van der Waals surface area contributed by atoms with E-state index in [1.165, 1.54) is 6.26 Å². The van der Waals surface area contributed by atoms with Gasteiger partial charge in [0.2, 0.25) is 0 Å². The number of aryl methyl sites for hydroxylation is 1. The molecule has 5 atom stereocenters. The molecule has 6 nitrogen and oxygen atoms in total. The van der Waals surface area contributed by atoms with E-state index in [4.69, 9.17) is 4.42 Å². The van der Waals surface area contributed by atoms with Gasteiger partial charge in [0.15, 0.2) is 5.78 Å². The van der Waals surface area contributed by atoms with Crippen molar-refractivity contribution in [2.75, 3.05) is 0 Å². The van der Waals surface area contributed by atoms with Crippen LogP contribution in [0, 0.1) is 24.2 Å². The second-order valence-electron chi connectivity index (χ2n) is 7.83. The minimum Gasteiger partial charge on any atom is -0.481 e. The van der Waals surface area contributed by atoms with Gasteiger partial charge in [-0.15, -0.1) is 0 Å². The molecule has 0 bridgehead atoms. The molecule has 0 aliphatic heterocycles. The molecule has 142 valence electrons. The summed E-state index contributed by atoms with van der Waals surface area (Å²) in [6.45, 7) is 3.69. The number of carboxylic acid groups (broad SMARTS) is 1. The van der Waals surface area contributed by atoms with Crippen LogP contribution in [0.4, 0.5) is 0 Å². The highest BCUT2D eigenvalue weighted by Crippen LogP contribution is 2.54. The van der Waals surface area contributed by atoms with Crippen LogP contribution in [0.1, 0.15) is 55.1 Å². The van der Waals surface area contributed by atoms with Gasteiger partial charge in [-0.05, 0) is 50.0 Å². The van der Waals surface area contributed by atoms with Crippen LogP contribution in [0.25, 0.3) is 0 Å². The number of allylic oxidation sites excluding steroid dienone is 1. The second kappa shape index (κ2) is 7.00. The van der Waals surface area contributed by atoms with Crippen LogP contribution in [-0.2, 0) is 4.79 Å². The number of hydrogen-bond acceptors (Lipinski definition) is 5. The normalized spacial score (nSPS) is 34.1. The van der Waals surface area contributed by atoms with Crippen molar-refractivity contribution in [3.63, 3.8) is 0 Å². The number of aliphatic carboxylic acids is 1. The zero-order chi connectivity index (χ0) is 19.1. The van der Waals surface area contributed by atoms with Gasteiger partial charge in [0, 0.05) is 6.42 Å². The van der Waals surface area contributed by atoms with E-state index in [0.29, 0.717) is 37.0 Å². The van der Waals surface area contributed by atoms with Crippen LogP contribution in [-0.4, -0.2) is 39.3 Å². The number of rotatable bonds is 5. The first-order valence-electron chi connectivity index (χ1n) is 9.09. The Labute approximate surface area is 152 Å². The molecule has 0 spiro atoms. The summed E-state index contributed by atoms with van der Waals surface area (Å²) in [6.07, 6.45) is 3.42. The quantitative estimate of drug-likeness (QED) is 0.549. The fraction of sp³-hybridized carbons (Fsp3) is 0.600. The predicted molar refractivity (Wildman–Crippen MR) is 93.7 cm³/mol. The average molecular weight is 362 g/mol. The number of furan rings is 1. The predicted octanol–water partition coefficient (Wildman–Crippen LogP) is 2.72. The fourth-order valence-electron chi connectivity index (χ4n) is 4.77. The molecule has 3 N–H and O–H groups in total. The first-order chi connectivity index (χ1) is 12.2. The highest BCUT2D eigenvalue weighted by molar-refractivity contribution is 5.96. The molecule has 3 rings (SSSR count). The monoisotopic (exact) mass is 362 g/mol. The van der Waals surface area contributed by atoms with Crippen molar-refractivity contribution in [3.8, 4) is 0 Å². The number of carbonyl (C=O) groups is 2. The number of fused-ring (bicyclic) bond motifs is 1. The van der Waals surface area contributed by atoms with Gasteiger partial charge < -0.3 is 19.7 Å². The summed E-state index contributed by atoms with van der Waals surface area (Å²) < 4.78 is 5.18. The summed E-state index contributed by atoms with van der Waals surface area (Å²) in [6, 6.07) is 1.64. The van der Waals surface area contributed by atoms with E-state index in [1.807, 2.05) is 13.0 Å². The molecule has 6 heteroatoms. The Hall–Kier alpha value is -1.92. The summed E-state index contributed by atoms with van der Waals surface area (Å²) in [4.78, 5) is 24.3. The van der Waals surface area contributed by atoms with Crippen LogP contribution in [0.3, 0.4) is 0 Å². The molecular weight excluding hydrogens is 336 g/mol. The largest absolute Gasteiger partial charge is 0.481 e. The van der Waals surface area contributed by atoms with Gasteiger partial charge in [-0.2, -0.15) is 0 Å². The van der Waals surface area contributed by atoms with E-state index in [-0.39, 0.29) is 18.1 Å². The number of carbonyl (C=O) groups excluding carboxylic acids is 1. The molecule has 0 amide bonds. The molecule has 0 radical (unpaired) electrons. The second-order valence-corrected chi connectivity index (χ2v) is 7.83. The number of aliphatic hydroxyl groups is 2. The molecule has 5 unspecified atom stereocenters. The number of ketones is 1. The molecule has 26 heavy (non-hydrogen) atoms. The third kappa shape index (κ3) is 3.23. The summed E-state index contributed by atoms with van der Waals surface area (Å²) in [5, 5.41) is 29.9. The van der Waals surface area contributed by atoms with E-state index in [2.05, 4.69) is 0 Å². The van der Waals surface area contributed by atoms with E-state index in [0.717, 1.165) is 5.57 Å². The van der Waals surface area contributed by atoms with Gasteiger partial charge >= 0.3 is 5.97 Å². The van der Waals surface area contributed by atoms with Gasteiger partial charge in [0.25, 0.3) is 0 Å². The molecule has 1 heterocycles. The van der Waals surface area contributed by atoms with Crippen LogP contribution in [0.5, 0.6) is 0 Å². The average Bonchev–Trinajstić information content (AvgIpc) is 3.00. The molecule has 1 aromatic rings. The number of aliphatic hydroxyl groups excluding tert-OH is 2. The van der Waals surface area contributed by atoms with Gasteiger partial charge in [-0.25, -0.2) is 0 Å². The molecule has 0 aromatic carbocycles. The lowest BCUT2D eigenvalue weighted by atomic mass is 9.55. The highest BCUT2D eigenvalue weighted by atomic mass is 16.4. The van der Waals surface area contributed by atoms with Crippen LogP contribution >= 0.6 is 0 Å². The highest BCUT2D eigenvalue weighted by Gasteiger charge is 2.50. The molecular formula is C20H26O6. The molecule has 1 saturated carbocycles. The van der Waals surface area contributed by atoms with Crippen molar-refractivity contribution >= 4 is 11.8 Å². The minimum absolute atomic E-state index is 0.0588. The molecule has 2 aliphatic rings. The number of hydrogen-bond donors (Lipinski definition) is 3. The Morgan fingerprint density at radius 3 is 2.65 bits per heavy atom. The van der Waals surface area contributed by atoms with Crippen LogP contribution < -0.4 is 0 Å². The van der Waals surface area contributed by atoms with Gasteiger partial charge in [-0.3, -0.25) is 9.59 Å². The fourth-order valence-corrected chi connectivity index (χ4v) is 4.77. The minimum atomic E-state index is -0.876. The van der Waals surface area contributed by atoms with Crippen molar-refractivity contribution in [3.05, 3.63) is 35.3 Å². The van der Waals surface area contributed by atoms with E-state index >= 15 is 0 Å². The summed E-state index contributed by atoms with van der Waals surface area (Å²) in [7, 11) is 0. The maximum Gasteiger partial charge on any atom is 0.307 e. The third-order valence-corrected chi connectivity index (χ3v) is 6.32. The molecule has 2 aliphatic carbocycles. The summed E-state index contributed by atoms with van der Waals surface area (Å²) in [5.41, 5.74) is 1.02. The van der Waals surface area contributed by atoms with E-state index in [9.17, 15) is 24.9 Å². The first-order valence-corrected chi connectivity index (χ1v) is 9.09. The SMILES string of the molecule is Cc1occc1C(=O)CCC1C(C(=O)O)CC=C2CC(O)C(O)CC21C. The van der Waals surface area contributed by atoms with Gasteiger partial charge in [-0.1, -0.05) is 18.6 Å². The number of Topliss-reactive ketones (excluding diaryl/α,β-unsaturated/α-hetero) is 1. The Morgan fingerprint density at radius 2 is 2.04 bits per heavy atom. The Bertz CT molecular complexity index is 732. The van der Waals surface area contributed by atoms with Crippen LogP contribution in [0.2, 0.25) is 0 Å². The van der Waals surface area contributed by atoms with Gasteiger partial charge in [0.1, 0.15) is 5.76 Å². The topological polar surface area (TPSA) is 108 Å². The van der Waals surface area contributed by atoms with Crippen molar-refractivity contribution < 1.29 is 29.3 Å². The van der Waals surface area contributed by atoms with Crippen molar-refractivity contribution in [1.29, 1.82) is 0 Å². The van der Waals surface area contributed by atoms with Crippen molar-refractivity contribution in [2.24, 2.45) is 17.3 Å². The van der Waals surface area contributed by atoms with E-state index in [1.54, 1.807) is 13.0 Å². The first kappa shape index (κ1) is 18.9. The molecule has 1 fully saturated rings. The zero-order valence-corrected chi connectivity index (χ0v) is 15.1. The Kier molecular flexibility index (Phi) is 5.08. The Morgan fingerprint density at radius 1 is 1.31 bits per heavy atom. The Balaban J connectivity index is 1.83. The lowest BCUT2D eigenvalue weighted by Gasteiger charge is -2.50. The van der Waals surface area contributed by atoms with E-state index < -0.39 is 29.5 Å².